The van der Waals surface area contributed by atoms with Gasteiger partial charge in [0.2, 0.25) is 5.91 Å². The molecule has 35 heavy (non-hydrogen) atoms. The molecular weight excluding hydrogens is 501 g/mol. The molecule has 0 saturated carbocycles. The summed E-state index contributed by atoms with van der Waals surface area (Å²) in [5.41, 5.74) is 9.54. The summed E-state index contributed by atoms with van der Waals surface area (Å²) < 4.78 is 1.99. The van der Waals surface area contributed by atoms with Crippen LogP contribution in [0.4, 0.5) is 5.69 Å². The van der Waals surface area contributed by atoms with Gasteiger partial charge in [-0.05, 0) is 59.7 Å². The lowest BCUT2D eigenvalue weighted by molar-refractivity contribution is -0.118. The Balaban J connectivity index is 1.77. The number of nitrogens with zero attached hydrogens (tertiary/aromatic N) is 4. The highest BCUT2D eigenvalue weighted by Crippen LogP contribution is 2.41. The normalized spacial score (nSPS) is 11.1. The molecule has 1 amide bonds. The molecule has 0 fully saturated rings. The average molecular weight is 526 g/mol. The molecule has 0 radical (unpaired) electrons. The zero-order valence-corrected chi connectivity index (χ0v) is 21.7. The van der Waals surface area contributed by atoms with Crippen molar-refractivity contribution in [3.63, 3.8) is 0 Å². The Bertz CT molecular complexity index is 1240. The van der Waals surface area contributed by atoms with Gasteiger partial charge in [0, 0.05) is 48.4 Å². The van der Waals surface area contributed by atoms with E-state index in [2.05, 4.69) is 10.2 Å². The molecular formula is C26H25Cl2N5OS. The van der Waals surface area contributed by atoms with Crippen LogP contribution in [0.25, 0.3) is 5.69 Å². The first-order chi connectivity index (χ1) is 16.8. The quantitative estimate of drug-likeness (QED) is 0.273. The lowest BCUT2D eigenvalue weighted by Gasteiger charge is -2.19. The van der Waals surface area contributed by atoms with Crippen LogP contribution in [0.3, 0.4) is 0 Å². The fraction of sp³-hybridized carbons (Fsp3) is 0.192. The minimum Gasteiger partial charge on any atom is -0.378 e. The number of benzene rings is 3. The molecule has 0 aliphatic carbocycles. The second-order valence-corrected chi connectivity index (χ2v) is 10.2. The number of nitrogens with two attached hydrogens (primary N) is 1. The van der Waals surface area contributed by atoms with Crippen molar-refractivity contribution in [2.45, 2.75) is 23.2 Å². The molecule has 4 rings (SSSR count). The molecule has 3 aromatic carbocycles. The van der Waals surface area contributed by atoms with Gasteiger partial charge in [0.25, 0.3) is 0 Å². The Morgan fingerprint density at radius 1 is 0.914 bits per heavy atom. The van der Waals surface area contributed by atoms with Crippen molar-refractivity contribution in [1.82, 2.24) is 14.8 Å². The van der Waals surface area contributed by atoms with Crippen molar-refractivity contribution in [1.29, 1.82) is 0 Å². The van der Waals surface area contributed by atoms with Gasteiger partial charge in [-0.15, -0.1) is 10.2 Å². The number of aromatic nitrogens is 3. The molecule has 0 unspecified atom stereocenters. The summed E-state index contributed by atoms with van der Waals surface area (Å²) in [6, 6.07) is 23.7. The number of halogens is 2. The van der Waals surface area contributed by atoms with Crippen LogP contribution in [-0.2, 0) is 11.2 Å². The summed E-state index contributed by atoms with van der Waals surface area (Å²) in [6.07, 6.45) is 0.585. The molecule has 0 spiro atoms. The van der Waals surface area contributed by atoms with Crippen LogP contribution < -0.4 is 10.6 Å². The maximum Gasteiger partial charge on any atom is 0.217 e. The molecule has 0 aliphatic rings. The smallest absolute Gasteiger partial charge is 0.217 e. The van der Waals surface area contributed by atoms with Crippen LogP contribution in [0.1, 0.15) is 28.6 Å². The topological polar surface area (TPSA) is 77.0 Å². The zero-order valence-electron chi connectivity index (χ0n) is 19.4. The van der Waals surface area contributed by atoms with Gasteiger partial charge in [-0.3, -0.25) is 9.36 Å². The lowest BCUT2D eigenvalue weighted by atomic mass is 10.0. The number of carbonyl (C=O) groups is 1. The molecule has 1 heterocycles. The molecule has 6 nitrogen and oxygen atoms in total. The Labute approximate surface area is 219 Å². The summed E-state index contributed by atoms with van der Waals surface area (Å²) in [5.74, 6) is 0.298. The van der Waals surface area contributed by atoms with Gasteiger partial charge in [-0.25, -0.2) is 0 Å². The Kier molecular flexibility index (Phi) is 8.00. The maximum atomic E-state index is 11.5. The largest absolute Gasteiger partial charge is 0.378 e. The fourth-order valence-electron chi connectivity index (χ4n) is 3.64. The molecule has 2 N–H and O–H groups in total. The number of primary amides is 1. The highest BCUT2D eigenvalue weighted by Gasteiger charge is 2.22. The number of aryl methyl sites for hydroxylation is 1. The number of rotatable bonds is 9. The highest BCUT2D eigenvalue weighted by molar-refractivity contribution is 7.99. The molecule has 0 atom stereocenters. The van der Waals surface area contributed by atoms with Crippen LogP contribution in [0, 0.1) is 0 Å². The number of hydrogen-bond donors (Lipinski definition) is 1. The highest BCUT2D eigenvalue weighted by atomic mass is 35.5. The van der Waals surface area contributed by atoms with Gasteiger partial charge >= 0.3 is 0 Å². The van der Waals surface area contributed by atoms with Crippen LogP contribution >= 0.6 is 35.0 Å². The SMILES string of the molecule is CN(C)c1ccc(-n2c(CCC(N)=O)nnc2SC(c2ccc(Cl)cc2)c2ccc(Cl)cc2)cc1. The van der Waals surface area contributed by atoms with Crippen LogP contribution in [0.5, 0.6) is 0 Å². The Morgan fingerprint density at radius 2 is 1.46 bits per heavy atom. The van der Waals surface area contributed by atoms with Crippen LogP contribution in [-0.4, -0.2) is 34.8 Å². The third kappa shape index (κ3) is 6.17. The summed E-state index contributed by atoms with van der Waals surface area (Å²) in [5, 5.41) is 10.9. The Morgan fingerprint density at radius 3 is 1.94 bits per heavy atom. The van der Waals surface area contributed by atoms with E-state index in [0.29, 0.717) is 27.4 Å². The van der Waals surface area contributed by atoms with E-state index >= 15 is 0 Å². The summed E-state index contributed by atoms with van der Waals surface area (Å²) in [7, 11) is 3.99. The van der Waals surface area contributed by atoms with E-state index in [1.807, 2.05) is 96.4 Å². The second kappa shape index (κ2) is 11.2. The summed E-state index contributed by atoms with van der Waals surface area (Å²) >= 11 is 13.9. The first-order valence-electron chi connectivity index (χ1n) is 11.0. The predicted octanol–water partition coefficient (Wildman–Crippen LogP) is 5.94. The van der Waals surface area contributed by atoms with Crippen molar-refractivity contribution in [2.75, 3.05) is 19.0 Å². The number of amides is 1. The van der Waals surface area contributed by atoms with Gasteiger partial charge in [0.05, 0.1) is 5.25 Å². The molecule has 180 valence electrons. The third-order valence-corrected chi connectivity index (χ3v) is 7.25. The standard InChI is InChI=1S/C26H25Cl2N5OS/c1-32(2)21-11-13-22(14-12-21)33-24(16-15-23(29)34)30-31-26(33)35-25(17-3-7-19(27)8-4-17)18-5-9-20(28)10-6-18/h3-14,25H,15-16H2,1-2H3,(H2,29,34). The number of thioether (sulfide) groups is 1. The van der Waals surface area contributed by atoms with E-state index < -0.39 is 0 Å². The van der Waals surface area contributed by atoms with Gasteiger partial charge < -0.3 is 10.6 Å². The number of anilines is 1. The van der Waals surface area contributed by atoms with E-state index in [1.54, 1.807) is 11.8 Å². The Hall–Kier alpha value is -3.00. The van der Waals surface area contributed by atoms with E-state index in [9.17, 15) is 4.79 Å². The third-order valence-electron chi connectivity index (χ3n) is 5.49. The summed E-state index contributed by atoms with van der Waals surface area (Å²) in [6.45, 7) is 0. The van der Waals surface area contributed by atoms with Crippen molar-refractivity contribution in [3.05, 3.63) is 99.8 Å². The zero-order chi connectivity index (χ0) is 24.9. The second-order valence-electron chi connectivity index (χ2n) is 8.21. The molecule has 0 aliphatic heterocycles. The van der Waals surface area contributed by atoms with Crippen LogP contribution in [0.2, 0.25) is 10.0 Å². The van der Waals surface area contributed by atoms with Gasteiger partial charge in [0.1, 0.15) is 5.82 Å². The summed E-state index contributed by atoms with van der Waals surface area (Å²) in [4.78, 5) is 13.5. The monoisotopic (exact) mass is 525 g/mol. The first kappa shape index (κ1) is 25.1. The van der Waals surface area contributed by atoms with Crippen molar-refractivity contribution in [2.24, 2.45) is 5.73 Å². The van der Waals surface area contributed by atoms with Crippen molar-refractivity contribution < 1.29 is 4.79 Å². The van der Waals surface area contributed by atoms with Gasteiger partial charge in [-0.2, -0.15) is 0 Å². The van der Waals surface area contributed by atoms with Gasteiger partial charge in [-0.1, -0.05) is 59.2 Å². The minimum absolute atomic E-state index is 0.0856. The van der Waals surface area contributed by atoms with E-state index in [4.69, 9.17) is 28.9 Å². The average Bonchev–Trinajstić information content (AvgIpc) is 3.25. The van der Waals surface area contributed by atoms with Crippen LogP contribution in [0.15, 0.2) is 78.0 Å². The lowest BCUT2D eigenvalue weighted by Crippen LogP contribution is -2.13. The predicted molar refractivity (Wildman–Crippen MR) is 144 cm³/mol. The van der Waals surface area contributed by atoms with E-state index in [-0.39, 0.29) is 17.6 Å². The number of carbonyl (C=O) groups excluding carboxylic acids is 1. The molecule has 4 aromatic rings. The first-order valence-corrected chi connectivity index (χ1v) is 12.6. The molecule has 0 saturated heterocycles. The van der Waals surface area contributed by atoms with Gasteiger partial charge in [0.15, 0.2) is 5.16 Å². The van der Waals surface area contributed by atoms with Crippen molar-refractivity contribution in [3.8, 4) is 5.69 Å². The van der Waals surface area contributed by atoms with Crippen molar-refractivity contribution >= 4 is 46.6 Å². The maximum absolute atomic E-state index is 11.5. The minimum atomic E-state index is -0.378. The molecule has 9 heteroatoms. The number of hydrogen-bond acceptors (Lipinski definition) is 5. The van der Waals surface area contributed by atoms with E-state index in [1.165, 1.54) is 0 Å². The molecule has 1 aromatic heterocycles. The fourth-order valence-corrected chi connectivity index (χ4v) is 5.10. The molecule has 0 bridgehead atoms. The van der Waals surface area contributed by atoms with E-state index in [0.717, 1.165) is 22.5 Å².